The van der Waals surface area contributed by atoms with Crippen LogP contribution in [0.1, 0.15) is 76.0 Å². The molecule has 5 aromatic rings. The maximum absolute atomic E-state index is 11.3. The van der Waals surface area contributed by atoms with E-state index in [1.807, 2.05) is 18.2 Å². The topological polar surface area (TPSA) is 111 Å². The number of aliphatic carboxylic acids is 2. The second-order valence-corrected chi connectivity index (χ2v) is 15.5. The molecule has 1 heterocycles. The van der Waals surface area contributed by atoms with Gasteiger partial charge in [-0.2, -0.15) is 13.2 Å². The number of nitrogens with zero attached hydrogens (tertiary/aromatic N) is 2. The lowest BCUT2D eigenvalue weighted by Gasteiger charge is -2.56. The molecular formula is C44H47F3N2O6. The van der Waals surface area contributed by atoms with Crippen molar-refractivity contribution in [1.29, 1.82) is 0 Å². The van der Waals surface area contributed by atoms with Gasteiger partial charge in [-0.1, -0.05) is 88.7 Å². The number of methoxy groups -OCH3 is 1. The lowest BCUT2D eigenvalue weighted by molar-refractivity contribution is -0.192. The average molecular weight is 757 g/mol. The van der Waals surface area contributed by atoms with Crippen LogP contribution in [-0.2, 0) is 28.0 Å². The van der Waals surface area contributed by atoms with Crippen LogP contribution in [0.2, 0.25) is 0 Å². The van der Waals surface area contributed by atoms with E-state index in [0.717, 1.165) is 52.9 Å². The number of benzene rings is 4. The highest BCUT2D eigenvalue weighted by atomic mass is 19.4. The molecule has 1 saturated carbocycles. The van der Waals surface area contributed by atoms with Crippen molar-refractivity contribution in [2.45, 2.75) is 83.9 Å². The van der Waals surface area contributed by atoms with Crippen LogP contribution in [0.25, 0.3) is 33.5 Å². The Morgan fingerprint density at radius 3 is 2.33 bits per heavy atom. The highest BCUT2D eigenvalue weighted by Gasteiger charge is 2.52. The first-order valence-electron chi connectivity index (χ1n) is 18.6. The molecule has 11 heteroatoms. The first-order chi connectivity index (χ1) is 26.0. The van der Waals surface area contributed by atoms with Crippen LogP contribution < -0.4 is 9.47 Å². The van der Waals surface area contributed by atoms with Gasteiger partial charge in [-0.15, -0.1) is 0 Å². The fraction of sp³-hybridized carbons (Fsp3) is 0.386. The lowest BCUT2D eigenvalue weighted by atomic mass is 9.49. The van der Waals surface area contributed by atoms with Crippen molar-refractivity contribution >= 4 is 23.0 Å². The number of rotatable bonds is 9. The Hall–Kier alpha value is -5.32. The largest absolute Gasteiger partial charge is 0.496 e. The number of halogens is 3. The monoisotopic (exact) mass is 756 g/mol. The molecule has 1 fully saturated rings. The van der Waals surface area contributed by atoms with Crippen molar-refractivity contribution in [3.8, 4) is 34.0 Å². The van der Waals surface area contributed by atoms with E-state index in [1.165, 1.54) is 30.4 Å². The van der Waals surface area contributed by atoms with E-state index in [9.17, 15) is 23.1 Å². The average Bonchev–Trinajstić information content (AvgIpc) is 3.50. The van der Waals surface area contributed by atoms with Gasteiger partial charge in [0, 0.05) is 6.54 Å². The number of hydrogen-bond acceptors (Lipinski definition) is 5. The number of ether oxygens (including phenoxy) is 2. The molecular weight excluding hydrogens is 709 g/mol. The molecule has 0 bridgehead atoms. The van der Waals surface area contributed by atoms with Gasteiger partial charge < -0.3 is 24.3 Å². The van der Waals surface area contributed by atoms with Gasteiger partial charge in [0.1, 0.15) is 17.3 Å². The predicted octanol–water partition coefficient (Wildman–Crippen LogP) is 10.3. The van der Waals surface area contributed by atoms with Crippen LogP contribution in [0.15, 0.2) is 84.9 Å². The summed E-state index contributed by atoms with van der Waals surface area (Å²) in [7, 11) is 1.66. The van der Waals surface area contributed by atoms with Gasteiger partial charge in [0.15, 0.2) is 6.61 Å². The third-order valence-electron chi connectivity index (χ3n) is 11.6. The molecule has 290 valence electrons. The molecule has 0 spiro atoms. The minimum absolute atomic E-state index is 0.0204. The van der Waals surface area contributed by atoms with E-state index >= 15 is 0 Å². The summed E-state index contributed by atoms with van der Waals surface area (Å²) >= 11 is 0. The van der Waals surface area contributed by atoms with Crippen molar-refractivity contribution in [2.24, 2.45) is 11.3 Å². The maximum atomic E-state index is 11.3. The summed E-state index contributed by atoms with van der Waals surface area (Å²) in [6.45, 7) is 9.98. The number of aryl methyl sites for hydroxylation is 1. The number of fused-ring (bicyclic) bond motifs is 4. The van der Waals surface area contributed by atoms with Crippen molar-refractivity contribution < 1.29 is 42.4 Å². The van der Waals surface area contributed by atoms with E-state index < -0.39 is 24.7 Å². The number of hydrogen-bond donors (Lipinski definition) is 2. The minimum Gasteiger partial charge on any atom is -0.496 e. The number of carboxylic acids is 2. The molecule has 0 radical (unpaired) electrons. The predicted molar refractivity (Wildman–Crippen MR) is 206 cm³/mol. The molecule has 0 amide bonds. The molecule has 7 rings (SSSR count). The highest BCUT2D eigenvalue weighted by molar-refractivity contribution is 5.86. The van der Waals surface area contributed by atoms with E-state index in [1.54, 1.807) is 18.7 Å². The number of imidazole rings is 1. The number of carboxylic acid groups (broad SMARTS) is 2. The Morgan fingerprint density at radius 1 is 0.945 bits per heavy atom. The molecule has 4 aromatic carbocycles. The summed E-state index contributed by atoms with van der Waals surface area (Å²) in [4.78, 5) is 25.5. The normalized spacial score (nSPS) is 20.6. The minimum atomic E-state index is -5.08. The van der Waals surface area contributed by atoms with Gasteiger partial charge in [-0.05, 0) is 106 Å². The zero-order valence-corrected chi connectivity index (χ0v) is 31.7. The zero-order valence-electron chi connectivity index (χ0n) is 31.7. The Labute approximate surface area is 318 Å². The number of aromatic nitrogens is 2. The number of carbonyl (C=O) groups is 2. The first-order valence-corrected chi connectivity index (χ1v) is 18.6. The number of alkyl halides is 3. The van der Waals surface area contributed by atoms with Crippen LogP contribution in [-0.4, -0.2) is 51.6 Å². The van der Waals surface area contributed by atoms with Gasteiger partial charge in [0.2, 0.25) is 0 Å². The van der Waals surface area contributed by atoms with Crippen LogP contribution in [0.5, 0.6) is 11.5 Å². The molecule has 3 atom stereocenters. The van der Waals surface area contributed by atoms with Crippen LogP contribution >= 0.6 is 0 Å². The second kappa shape index (κ2) is 15.4. The smallest absolute Gasteiger partial charge is 0.490 e. The first kappa shape index (κ1) is 39.4. The highest BCUT2D eigenvalue weighted by Crippen LogP contribution is 2.58. The lowest BCUT2D eigenvalue weighted by Crippen LogP contribution is -2.50. The van der Waals surface area contributed by atoms with Crippen molar-refractivity contribution in [2.75, 3.05) is 13.7 Å². The summed E-state index contributed by atoms with van der Waals surface area (Å²) < 4.78 is 45.7. The van der Waals surface area contributed by atoms with Crippen molar-refractivity contribution in [3.05, 3.63) is 102 Å². The molecule has 8 nitrogen and oxygen atoms in total. The molecule has 55 heavy (non-hydrogen) atoms. The van der Waals surface area contributed by atoms with Gasteiger partial charge >= 0.3 is 18.1 Å². The maximum Gasteiger partial charge on any atom is 0.490 e. The van der Waals surface area contributed by atoms with E-state index in [4.69, 9.17) is 24.4 Å². The Bertz CT molecular complexity index is 2200. The SMILES string of the molecule is COc1ccc(OCC(=O)O)cc1-c1nc2cc(-c3ccccc3)ccc2n1C[C@@]1(C)CCC[C@]2(C)c3ccc(C(C)C)cc3CC[C@@H]12.O=C(O)C(F)(F)F. The third kappa shape index (κ3) is 8.07. The van der Waals surface area contributed by atoms with Gasteiger partial charge in [-0.25, -0.2) is 14.6 Å². The van der Waals surface area contributed by atoms with E-state index in [-0.39, 0.29) is 10.8 Å². The summed E-state index contributed by atoms with van der Waals surface area (Å²) in [5, 5.41) is 16.4. The van der Waals surface area contributed by atoms with Gasteiger partial charge in [-0.3, -0.25) is 0 Å². The standard InChI is InChI=1S/C42H46N2O4.C2HF3O2/c1-27(2)29-12-16-34-31(22-29)14-19-38-41(3,20-9-21-42(34,38)4)26-44-36-17-13-30(28-10-7-6-8-11-28)23-35(36)43-40(44)33-24-32(48-25-39(45)46)15-18-37(33)47-5;3-2(4,5)1(6)7/h6-8,10-13,15-18,22-24,27,38H,9,14,19-21,25-26H2,1-5H3,(H,45,46);(H,6,7)/t38-,41+,42+;/m0./s1. The quantitative estimate of drug-likeness (QED) is 0.154. The Kier molecular flexibility index (Phi) is 11.0. The van der Waals surface area contributed by atoms with E-state index in [2.05, 4.69) is 92.9 Å². The summed E-state index contributed by atoms with van der Waals surface area (Å²) in [6.07, 6.45) is 0.726. The van der Waals surface area contributed by atoms with Crippen LogP contribution in [0.3, 0.4) is 0 Å². The second-order valence-electron chi connectivity index (χ2n) is 15.5. The molecule has 0 saturated heterocycles. The van der Waals surface area contributed by atoms with Crippen molar-refractivity contribution in [1.82, 2.24) is 9.55 Å². The fourth-order valence-electron chi connectivity index (χ4n) is 8.96. The molecule has 2 aliphatic rings. The molecule has 2 N–H and O–H groups in total. The van der Waals surface area contributed by atoms with E-state index in [0.29, 0.717) is 23.3 Å². The summed E-state index contributed by atoms with van der Waals surface area (Å²) in [5.74, 6) is -0.793. The van der Waals surface area contributed by atoms with Gasteiger partial charge in [0.05, 0.1) is 23.7 Å². The third-order valence-corrected chi connectivity index (χ3v) is 11.6. The Morgan fingerprint density at radius 2 is 1.67 bits per heavy atom. The Balaban J connectivity index is 0.000000672. The molecule has 1 aromatic heterocycles. The molecule has 0 unspecified atom stereocenters. The molecule has 2 aliphatic carbocycles. The fourth-order valence-corrected chi connectivity index (χ4v) is 8.96. The van der Waals surface area contributed by atoms with Crippen LogP contribution in [0.4, 0.5) is 13.2 Å². The zero-order chi connectivity index (χ0) is 39.7. The van der Waals surface area contributed by atoms with Crippen LogP contribution in [0, 0.1) is 11.3 Å². The molecule has 0 aliphatic heterocycles. The van der Waals surface area contributed by atoms with Gasteiger partial charge in [0.25, 0.3) is 0 Å². The summed E-state index contributed by atoms with van der Waals surface area (Å²) in [5.41, 5.74) is 9.69. The van der Waals surface area contributed by atoms with Crippen molar-refractivity contribution in [3.63, 3.8) is 0 Å². The summed E-state index contributed by atoms with van der Waals surface area (Å²) in [6, 6.07) is 29.7.